The smallest absolute Gasteiger partial charge is 0.0612 e. The quantitative estimate of drug-likeness (QED) is 0.731. The van der Waals surface area contributed by atoms with E-state index in [1.807, 2.05) is 0 Å². The molecule has 1 aliphatic rings. The molecule has 15 heavy (non-hydrogen) atoms. The molecule has 0 radical (unpaired) electrons. The van der Waals surface area contributed by atoms with Crippen molar-refractivity contribution in [2.24, 2.45) is 5.92 Å². The summed E-state index contributed by atoms with van der Waals surface area (Å²) in [5.41, 5.74) is 0. The number of rotatable bonds is 5. The minimum atomic E-state index is 0.236. The number of ether oxygens (including phenoxy) is 1. The first kappa shape index (κ1) is 12.9. The lowest BCUT2D eigenvalue weighted by Gasteiger charge is -2.34. The van der Waals surface area contributed by atoms with Gasteiger partial charge in [-0.1, -0.05) is 20.8 Å². The maximum absolute atomic E-state index is 9.14. The van der Waals surface area contributed by atoms with Crippen LogP contribution in [0.3, 0.4) is 0 Å². The summed E-state index contributed by atoms with van der Waals surface area (Å²) in [6, 6.07) is 0.768. The zero-order valence-electron chi connectivity index (χ0n) is 10.2. The van der Waals surface area contributed by atoms with Crippen LogP contribution in [-0.4, -0.2) is 36.5 Å². The molecule has 2 N–H and O–H groups in total. The number of nitrogens with one attached hydrogen (secondary N) is 1. The molecule has 1 saturated heterocycles. The summed E-state index contributed by atoms with van der Waals surface area (Å²) in [5, 5.41) is 12.6. The number of hydrogen-bond donors (Lipinski definition) is 2. The molecule has 90 valence electrons. The third kappa shape index (κ3) is 4.09. The van der Waals surface area contributed by atoms with Gasteiger partial charge in [0.05, 0.1) is 12.7 Å². The lowest BCUT2D eigenvalue weighted by Crippen LogP contribution is -2.46. The van der Waals surface area contributed by atoms with Crippen molar-refractivity contribution < 1.29 is 9.84 Å². The summed E-state index contributed by atoms with van der Waals surface area (Å²) in [5.74, 6) is 0.587. The second-order valence-electron chi connectivity index (χ2n) is 4.83. The number of aliphatic hydroxyl groups excluding tert-OH is 1. The molecule has 2 unspecified atom stereocenters. The van der Waals surface area contributed by atoms with Crippen LogP contribution in [0.4, 0.5) is 0 Å². The highest BCUT2D eigenvalue weighted by Crippen LogP contribution is 2.20. The van der Waals surface area contributed by atoms with Gasteiger partial charge in [-0.05, 0) is 25.2 Å². The first-order valence-corrected chi connectivity index (χ1v) is 6.15. The van der Waals surface area contributed by atoms with E-state index in [9.17, 15) is 0 Å². The Morgan fingerprint density at radius 1 is 1.47 bits per heavy atom. The van der Waals surface area contributed by atoms with Crippen LogP contribution >= 0.6 is 0 Å². The fourth-order valence-electron chi connectivity index (χ4n) is 2.08. The van der Waals surface area contributed by atoms with Gasteiger partial charge < -0.3 is 15.2 Å². The Balaban J connectivity index is 2.35. The Labute approximate surface area is 93.2 Å². The number of aliphatic hydroxyl groups is 1. The standard InChI is InChI=1S/C12H25NO2/c1-4-10(8-14)13-11-5-6-15-12(7-11)9(2)3/h9-14H,4-8H2,1-3H3/t10-,11?,12?/m1/s1. The summed E-state index contributed by atoms with van der Waals surface area (Å²) in [6.45, 7) is 7.60. The average Bonchev–Trinajstić information content (AvgIpc) is 2.26. The summed E-state index contributed by atoms with van der Waals surface area (Å²) >= 11 is 0. The van der Waals surface area contributed by atoms with Gasteiger partial charge >= 0.3 is 0 Å². The van der Waals surface area contributed by atoms with E-state index in [-0.39, 0.29) is 12.6 Å². The van der Waals surface area contributed by atoms with Crippen LogP contribution in [0.5, 0.6) is 0 Å². The summed E-state index contributed by atoms with van der Waals surface area (Å²) < 4.78 is 5.72. The molecule has 0 aromatic rings. The molecule has 1 aliphatic heterocycles. The lowest BCUT2D eigenvalue weighted by molar-refractivity contribution is -0.0269. The lowest BCUT2D eigenvalue weighted by atomic mass is 9.95. The zero-order valence-corrected chi connectivity index (χ0v) is 10.2. The molecule has 3 atom stereocenters. The van der Waals surface area contributed by atoms with E-state index in [0.717, 1.165) is 25.9 Å². The van der Waals surface area contributed by atoms with Gasteiger partial charge in [0.25, 0.3) is 0 Å². The van der Waals surface area contributed by atoms with Crippen molar-refractivity contribution in [3.05, 3.63) is 0 Å². The van der Waals surface area contributed by atoms with Crippen molar-refractivity contribution in [3.63, 3.8) is 0 Å². The van der Waals surface area contributed by atoms with Crippen molar-refractivity contribution in [2.75, 3.05) is 13.2 Å². The molecule has 3 nitrogen and oxygen atoms in total. The third-order valence-electron chi connectivity index (χ3n) is 3.24. The van der Waals surface area contributed by atoms with E-state index in [1.165, 1.54) is 0 Å². The molecule has 1 fully saturated rings. The number of hydrogen-bond acceptors (Lipinski definition) is 3. The second kappa shape index (κ2) is 6.46. The Morgan fingerprint density at radius 2 is 2.20 bits per heavy atom. The maximum Gasteiger partial charge on any atom is 0.0612 e. The first-order chi connectivity index (χ1) is 7.17. The molecule has 1 heterocycles. The normalized spacial score (nSPS) is 29.4. The first-order valence-electron chi connectivity index (χ1n) is 6.15. The fourth-order valence-corrected chi connectivity index (χ4v) is 2.08. The van der Waals surface area contributed by atoms with Gasteiger partial charge in [-0.25, -0.2) is 0 Å². The highest BCUT2D eigenvalue weighted by atomic mass is 16.5. The molecule has 0 amide bonds. The van der Waals surface area contributed by atoms with E-state index >= 15 is 0 Å². The molecule has 3 heteroatoms. The van der Waals surface area contributed by atoms with Crippen LogP contribution in [-0.2, 0) is 4.74 Å². The van der Waals surface area contributed by atoms with E-state index in [0.29, 0.717) is 18.1 Å². The van der Waals surface area contributed by atoms with Gasteiger partial charge in [-0.15, -0.1) is 0 Å². The van der Waals surface area contributed by atoms with Gasteiger partial charge in [0, 0.05) is 18.7 Å². The Hall–Kier alpha value is -0.120. The Morgan fingerprint density at radius 3 is 2.73 bits per heavy atom. The molecule has 0 saturated carbocycles. The van der Waals surface area contributed by atoms with Gasteiger partial charge in [-0.2, -0.15) is 0 Å². The second-order valence-corrected chi connectivity index (χ2v) is 4.83. The molecule has 1 rings (SSSR count). The molecular weight excluding hydrogens is 190 g/mol. The van der Waals surface area contributed by atoms with Crippen LogP contribution in [0.2, 0.25) is 0 Å². The third-order valence-corrected chi connectivity index (χ3v) is 3.24. The highest BCUT2D eigenvalue weighted by Gasteiger charge is 2.25. The minimum absolute atomic E-state index is 0.236. The largest absolute Gasteiger partial charge is 0.395 e. The van der Waals surface area contributed by atoms with Crippen molar-refractivity contribution in [1.29, 1.82) is 0 Å². The Kier molecular flexibility index (Phi) is 5.58. The molecule has 0 aliphatic carbocycles. The van der Waals surface area contributed by atoms with Gasteiger partial charge in [0.1, 0.15) is 0 Å². The van der Waals surface area contributed by atoms with E-state index in [4.69, 9.17) is 9.84 Å². The van der Waals surface area contributed by atoms with E-state index < -0.39 is 0 Å². The van der Waals surface area contributed by atoms with Gasteiger partial charge in [-0.3, -0.25) is 0 Å². The van der Waals surface area contributed by atoms with E-state index in [1.54, 1.807) is 0 Å². The highest BCUT2D eigenvalue weighted by molar-refractivity contribution is 4.81. The summed E-state index contributed by atoms with van der Waals surface area (Å²) in [6.07, 6.45) is 3.51. The molecule has 0 bridgehead atoms. The zero-order chi connectivity index (χ0) is 11.3. The molecule has 0 aromatic carbocycles. The summed E-state index contributed by atoms with van der Waals surface area (Å²) in [4.78, 5) is 0. The van der Waals surface area contributed by atoms with Crippen molar-refractivity contribution in [1.82, 2.24) is 5.32 Å². The van der Waals surface area contributed by atoms with Crippen LogP contribution in [0.15, 0.2) is 0 Å². The van der Waals surface area contributed by atoms with Gasteiger partial charge in [0.2, 0.25) is 0 Å². The minimum Gasteiger partial charge on any atom is -0.395 e. The van der Waals surface area contributed by atoms with Crippen LogP contribution in [0, 0.1) is 5.92 Å². The van der Waals surface area contributed by atoms with E-state index in [2.05, 4.69) is 26.1 Å². The van der Waals surface area contributed by atoms with Crippen LogP contribution in [0.1, 0.15) is 40.0 Å². The topological polar surface area (TPSA) is 41.5 Å². The van der Waals surface area contributed by atoms with Crippen molar-refractivity contribution in [2.45, 2.75) is 58.2 Å². The predicted molar refractivity (Wildman–Crippen MR) is 61.9 cm³/mol. The van der Waals surface area contributed by atoms with Crippen molar-refractivity contribution in [3.8, 4) is 0 Å². The monoisotopic (exact) mass is 215 g/mol. The molecular formula is C12H25NO2. The van der Waals surface area contributed by atoms with Crippen molar-refractivity contribution >= 4 is 0 Å². The SMILES string of the molecule is CC[C@H](CO)NC1CCOC(C(C)C)C1. The Bertz CT molecular complexity index is 167. The van der Waals surface area contributed by atoms with Crippen LogP contribution < -0.4 is 5.32 Å². The average molecular weight is 215 g/mol. The maximum atomic E-state index is 9.14. The molecule has 0 aromatic heterocycles. The summed E-state index contributed by atoms with van der Waals surface area (Å²) in [7, 11) is 0. The molecule has 0 spiro atoms. The van der Waals surface area contributed by atoms with Crippen LogP contribution in [0.25, 0.3) is 0 Å². The predicted octanol–water partition coefficient (Wildman–Crippen LogP) is 1.55. The van der Waals surface area contributed by atoms with Gasteiger partial charge in [0.15, 0.2) is 0 Å². The fraction of sp³-hybridized carbons (Fsp3) is 1.00.